The second kappa shape index (κ2) is 8.81. The van der Waals surface area contributed by atoms with Gasteiger partial charge in [-0.15, -0.1) is 0 Å². The molecule has 1 heterocycles. The summed E-state index contributed by atoms with van der Waals surface area (Å²) in [4.78, 5) is 13.2. The minimum atomic E-state index is -0.540. The number of hydrogen-bond donors (Lipinski definition) is 1. The zero-order valence-electron chi connectivity index (χ0n) is 19.0. The van der Waals surface area contributed by atoms with Crippen molar-refractivity contribution in [2.24, 2.45) is 0 Å². The van der Waals surface area contributed by atoms with Crippen LogP contribution in [0.2, 0.25) is 0 Å². The number of aryl methyl sites for hydroxylation is 2. The van der Waals surface area contributed by atoms with Crippen molar-refractivity contribution in [2.45, 2.75) is 77.0 Å². The fraction of sp³-hybridized carbons (Fsp3) is 0.500. The van der Waals surface area contributed by atoms with Gasteiger partial charge in [-0.1, -0.05) is 13.0 Å². The van der Waals surface area contributed by atoms with Crippen LogP contribution in [-0.4, -0.2) is 24.7 Å². The summed E-state index contributed by atoms with van der Waals surface area (Å²) in [6.07, 6.45) is 5.43. The molecule has 4 rings (SSSR count). The van der Waals surface area contributed by atoms with Gasteiger partial charge in [-0.25, -0.2) is 0 Å². The van der Waals surface area contributed by atoms with Crippen LogP contribution in [0.4, 0.5) is 0 Å². The maximum atomic E-state index is 13.2. The standard InChI is InChI=1S/C26H33NO4/c1-5-23(30-20-11-10-17-8-6-7-9-18(17)14-20)25(28)27-22-16-26(2,3)31-24-13-12-19(29-4)15-21(22)24/h10-15,22-23H,5-9,16H2,1-4H3,(H,27,28). The SMILES string of the molecule is CCC(Oc1ccc2c(c1)CCCC2)C(=O)NC1CC(C)(C)Oc2ccc(OC)cc21. The van der Waals surface area contributed by atoms with Gasteiger partial charge in [0.15, 0.2) is 6.10 Å². The quantitative estimate of drug-likeness (QED) is 0.698. The van der Waals surface area contributed by atoms with Gasteiger partial charge in [0.2, 0.25) is 0 Å². The van der Waals surface area contributed by atoms with Crippen molar-refractivity contribution >= 4 is 5.91 Å². The molecule has 0 bridgehead atoms. The maximum absolute atomic E-state index is 13.2. The number of fused-ring (bicyclic) bond motifs is 2. The fourth-order valence-electron chi connectivity index (χ4n) is 4.62. The van der Waals surface area contributed by atoms with E-state index in [0.29, 0.717) is 12.8 Å². The number of carbonyl (C=O) groups excluding carboxylic acids is 1. The van der Waals surface area contributed by atoms with E-state index < -0.39 is 6.10 Å². The molecule has 0 aromatic heterocycles. The Hall–Kier alpha value is -2.69. The Bertz CT molecular complexity index is 952. The van der Waals surface area contributed by atoms with Gasteiger partial charge < -0.3 is 19.5 Å². The number of benzene rings is 2. The summed E-state index contributed by atoms with van der Waals surface area (Å²) in [5, 5.41) is 3.22. The monoisotopic (exact) mass is 423 g/mol. The number of carbonyl (C=O) groups is 1. The van der Waals surface area contributed by atoms with Crippen LogP contribution >= 0.6 is 0 Å². The molecule has 2 aromatic carbocycles. The third-order valence-corrected chi connectivity index (χ3v) is 6.25. The Morgan fingerprint density at radius 3 is 2.61 bits per heavy atom. The molecule has 0 saturated heterocycles. The van der Waals surface area contributed by atoms with Gasteiger partial charge in [-0.2, -0.15) is 0 Å². The largest absolute Gasteiger partial charge is 0.497 e. The number of methoxy groups -OCH3 is 1. The highest BCUT2D eigenvalue weighted by Gasteiger charge is 2.36. The smallest absolute Gasteiger partial charge is 0.261 e. The van der Waals surface area contributed by atoms with Gasteiger partial charge in [0.05, 0.1) is 13.2 Å². The molecule has 0 saturated carbocycles. The number of amides is 1. The van der Waals surface area contributed by atoms with Crippen molar-refractivity contribution in [1.29, 1.82) is 0 Å². The number of hydrogen-bond acceptors (Lipinski definition) is 4. The van der Waals surface area contributed by atoms with Gasteiger partial charge in [-0.3, -0.25) is 4.79 Å². The van der Waals surface area contributed by atoms with Crippen LogP contribution in [0.25, 0.3) is 0 Å². The highest BCUT2D eigenvalue weighted by atomic mass is 16.5. The molecule has 5 nitrogen and oxygen atoms in total. The summed E-state index contributed by atoms with van der Waals surface area (Å²) in [6.45, 7) is 6.06. The van der Waals surface area contributed by atoms with Crippen LogP contribution in [0.15, 0.2) is 36.4 Å². The molecule has 166 valence electrons. The van der Waals surface area contributed by atoms with Crippen molar-refractivity contribution in [1.82, 2.24) is 5.32 Å². The first-order valence-corrected chi connectivity index (χ1v) is 11.3. The van der Waals surface area contributed by atoms with E-state index in [2.05, 4.69) is 17.4 Å². The Morgan fingerprint density at radius 1 is 1.13 bits per heavy atom. The lowest BCUT2D eigenvalue weighted by Gasteiger charge is -2.38. The molecule has 1 N–H and O–H groups in total. The molecule has 0 spiro atoms. The summed E-state index contributed by atoms with van der Waals surface area (Å²) < 4.78 is 17.7. The molecule has 1 aliphatic heterocycles. The van der Waals surface area contributed by atoms with Crippen LogP contribution in [0.5, 0.6) is 17.2 Å². The molecule has 1 amide bonds. The Balaban J connectivity index is 1.51. The maximum Gasteiger partial charge on any atom is 0.261 e. The van der Waals surface area contributed by atoms with E-state index in [1.165, 1.54) is 24.0 Å². The van der Waals surface area contributed by atoms with E-state index >= 15 is 0 Å². The van der Waals surface area contributed by atoms with E-state index in [1.807, 2.05) is 45.0 Å². The summed E-state index contributed by atoms with van der Waals surface area (Å²) in [6, 6.07) is 11.8. The highest BCUT2D eigenvalue weighted by Crippen LogP contribution is 2.41. The van der Waals surface area contributed by atoms with E-state index in [1.54, 1.807) is 7.11 Å². The van der Waals surface area contributed by atoms with Crippen molar-refractivity contribution < 1.29 is 19.0 Å². The molecule has 2 aliphatic rings. The second-order valence-corrected chi connectivity index (χ2v) is 9.18. The normalized spacial score (nSPS) is 19.9. The van der Waals surface area contributed by atoms with Gasteiger partial charge in [0.1, 0.15) is 22.8 Å². The van der Waals surface area contributed by atoms with Crippen LogP contribution < -0.4 is 19.5 Å². The lowest BCUT2D eigenvalue weighted by atomic mass is 9.89. The first-order chi connectivity index (χ1) is 14.9. The third kappa shape index (κ3) is 4.81. The number of rotatable bonds is 6. The number of nitrogens with one attached hydrogen (secondary N) is 1. The molecule has 2 atom stereocenters. The van der Waals surface area contributed by atoms with Crippen molar-refractivity contribution in [3.8, 4) is 17.2 Å². The van der Waals surface area contributed by atoms with Crippen LogP contribution in [-0.2, 0) is 17.6 Å². The van der Waals surface area contributed by atoms with Gasteiger partial charge in [0, 0.05) is 12.0 Å². The van der Waals surface area contributed by atoms with E-state index in [4.69, 9.17) is 14.2 Å². The average Bonchev–Trinajstić information content (AvgIpc) is 2.76. The minimum Gasteiger partial charge on any atom is -0.497 e. The topological polar surface area (TPSA) is 56.8 Å². The van der Waals surface area contributed by atoms with Crippen LogP contribution in [0.1, 0.15) is 69.2 Å². The molecular weight excluding hydrogens is 390 g/mol. The molecular formula is C26H33NO4. The van der Waals surface area contributed by atoms with Gasteiger partial charge >= 0.3 is 0 Å². The van der Waals surface area contributed by atoms with Crippen molar-refractivity contribution in [3.05, 3.63) is 53.1 Å². The Morgan fingerprint density at radius 2 is 1.87 bits per heavy atom. The predicted molar refractivity (Wildman–Crippen MR) is 121 cm³/mol. The molecule has 2 unspecified atom stereocenters. The molecule has 2 aromatic rings. The van der Waals surface area contributed by atoms with Crippen LogP contribution in [0.3, 0.4) is 0 Å². The van der Waals surface area contributed by atoms with E-state index in [9.17, 15) is 4.79 Å². The summed E-state index contributed by atoms with van der Waals surface area (Å²) in [5.74, 6) is 2.21. The average molecular weight is 424 g/mol. The Kier molecular flexibility index (Phi) is 6.12. The highest BCUT2D eigenvalue weighted by molar-refractivity contribution is 5.81. The third-order valence-electron chi connectivity index (χ3n) is 6.25. The van der Waals surface area contributed by atoms with Gasteiger partial charge in [-0.05, 0) is 87.4 Å². The van der Waals surface area contributed by atoms with Crippen LogP contribution in [0, 0.1) is 0 Å². The fourth-order valence-corrected chi connectivity index (χ4v) is 4.62. The van der Waals surface area contributed by atoms with E-state index in [-0.39, 0.29) is 17.6 Å². The first-order valence-electron chi connectivity index (χ1n) is 11.3. The number of ether oxygens (including phenoxy) is 3. The summed E-state index contributed by atoms with van der Waals surface area (Å²) >= 11 is 0. The van der Waals surface area contributed by atoms with Gasteiger partial charge in [0.25, 0.3) is 5.91 Å². The zero-order valence-corrected chi connectivity index (χ0v) is 19.0. The summed E-state index contributed by atoms with van der Waals surface area (Å²) in [7, 11) is 1.64. The lowest BCUT2D eigenvalue weighted by Crippen LogP contribution is -2.45. The molecule has 1 aliphatic carbocycles. The predicted octanol–water partition coefficient (Wildman–Crippen LogP) is 5.15. The minimum absolute atomic E-state index is 0.100. The Labute approximate surface area is 185 Å². The molecule has 0 fully saturated rings. The molecule has 31 heavy (non-hydrogen) atoms. The van der Waals surface area contributed by atoms with Crippen molar-refractivity contribution in [2.75, 3.05) is 7.11 Å². The second-order valence-electron chi connectivity index (χ2n) is 9.18. The zero-order chi connectivity index (χ0) is 22.0. The van der Waals surface area contributed by atoms with E-state index in [0.717, 1.165) is 35.7 Å². The molecule has 5 heteroatoms. The summed E-state index contributed by atoms with van der Waals surface area (Å²) in [5.41, 5.74) is 3.33. The lowest BCUT2D eigenvalue weighted by molar-refractivity contribution is -0.129. The van der Waals surface area contributed by atoms with Crippen molar-refractivity contribution in [3.63, 3.8) is 0 Å². The molecule has 0 radical (unpaired) electrons. The first kappa shape index (κ1) is 21.5.